The third kappa shape index (κ3) is 4.45. The van der Waals surface area contributed by atoms with Gasteiger partial charge in [-0.2, -0.15) is 0 Å². The minimum Gasteiger partial charge on any atom is -0.390 e. The fraction of sp³-hybridized carbons (Fsp3) is 0.800. The zero-order chi connectivity index (χ0) is 16.3. The van der Waals surface area contributed by atoms with E-state index in [1.165, 1.54) is 11.1 Å². The molecule has 0 bridgehead atoms. The minimum atomic E-state index is -0.308. The average molecular weight is 306 g/mol. The van der Waals surface area contributed by atoms with Gasteiger partial charge in [0.05, 0.1) is 11.7 Å². The molecular weight excluding hydrogens is 272 g/mol. The van der Waals surface area contributed by atoms with Crippen LogP contribution in [0.3, 0.4) is 0 Å². The Morgan fingerprint density at radius 1 is 1.50 bits per heavy atom. The van der Waals surface area contributed by atoms with E-state index >= 15 is 0 Å². The number of ether oxygens (including phenoxy) is 1. The normalized spacial score (nSPS) is 39.2. The molecule has 1 fully saturated rings. The monoisotopic (exact) mass is 306 g/mol. The second kappa shape index (κ2) is 7.31. The first kappa shape index (κ1) is 17.7. The summed E-state index contributed by atoms with van der Waals surface area (Å²) in [5.41, 5.74) is 2.76. The molecule has 1 N–H and O–H groups in total. The van der Waals surface area contributed by atoms with Crippen molar-refractivity contribution in [2.24, 2.45) is 11.8 Å². The molecule has 2 heteroatoms. The van der Waals surface area contributed by atoms with E-state index in [0.29, 0.717) is 11.8 Å². The van der Waals surface area contributed by atoms with Gasteiger partial charge >= 0.3 is 0 Å². The lowest BCUT2D eigenvalue weighted by Gasteiger charge is -2.29. The van der Waals surface area contributed by atoms with E-state index in [1.54, 1.807) is 0 Å². The highest BCUT2D eigenvalue weighted by atomic mass is 16.6. The molecule has 0 spiro atoms. The fourth-order valence-electron chi connectivity index (χ4n) is 3.86. The van der Waals surface area contributed by atoms with Gasteiger partial charge in [0.2, 0.25) is 0 Å². The lowest BCUT2D eigenvalue weighted by Crippen LogP contribution is -2.34. The van der Waals surface area contributed by atoms with Gasteiger partial charge in [-0.1, -0.05) is 30.2 Å². The first-order valence-electron chi connectivity index (χ1n) is 8.98. The lowest BCUT2D eigenvalue weighted by molar-refractivity contribution is 0.0446. The Morgan fingerprint density at radius 3 is 2.91 bits per heavy atom. The van der Waals surface area contributed by atoms with Crippen molar-refractivity contribution in [2.75, 3.05) is 0 Å². The number of hydrogen-bond donors (Lipinski definition) is 1. The van der Waals surface area contributed by atoms with Crippen molar-refractivity contribution >= 4 is 0 Å². The van der Waals surface area contributed by atoms with E-state index in [4.69, 9.17) is 4.74 Å². The van der Waals surface area contributed by atoms with Crippen LogP contribution >= 0.6 is 0 Å². The maximum atomic E-state index is 10.9. The molecule has 2 rings (SSSR count). The van der Waals surface area contributed by atoms with E-state index in [2.05, 4.69) is 46.8 Å². The number of rotatable bonds is 4. The van der Waals surface area contributed by atoms with Crippen molar-refractivity contribution in [3.05, 3.63) is 23.3 Å². The SMILES string of the molecule is CC(C)=CCCC(C)C1CC/C(C)=C\CCC2(C)OC2C1O. The third-order valence-electron chi connectivity index (χ3n) is 5.60. The van der Waals surface area contributed by atoms with Crippen LogP contribution in [-0.4, -0.2) is 22.9 Å². The van der Waals surface area contributed by atoms with Crippen LogP contribution in [0.15, 0.2) is 23.3 Å². The Bertz CT molecular complexity index is 433. The maximum Gasteiger partial charge on any atom is 0.113 e. The van der Waals surface area contributed by atoms with Gasteiger partial charge in [-0.15, -0.1) is 0 Å². The Labute approximate surface area is 136 Å². The summed E-state index contributed by atoms with van der Waals surface area (Å²) in [4.78, 5) is 0. The molecular formula is C20H34O2. The molecule has 0 saturated carbocycles. The molecule has 1 aliphatic heterocycles. The van der Waals surface area contributed by atoms with E-state index in [0.717, 1.165) is 38.5 Å². The molecule has 0 aromatic rings. The number of allylic oxidation sites excluding steroid dienone is 4. The fourth-order valence-corrected chi connectivity index (χ4v) is 3.86. The van der Waals surface area contributed by atoms with Crippen LogP contribution in [0.1, 0.15) is 73.1 Å². The van der Waals surface area contributed by atoms with Crippen molar-refractivity contribution < 1.29 is 9.84 Å². The maximum absolute atomic E-state index is 10.9. The van der Waals surface area contributed by atoms with Crippen LogP contribution in [0.5, 0.6) is 0 Å². The number of aliphatic hydroxyl groups excluding tert-OH is 1. The summed E-state index contributed by atoms with van der Waals surface area (Å²) in [5, 5.41) is 10.9. The van der Waals surface area contributed by atoms with Gasteiger partial charge in [-0.05, 0) is 78.1 Å². The predicted octanol–water partition coefficient (Wildman–Crippen LogP) is 5.02. The van der Waals surface area contributed by atoms with Crippen LogP contribution in [0.25, 0.3) is 0 Å². The summed E-state index contributed by atoms with van der Waals surface area (Å²) in [6.07, 6.45) is 11.0. The topological polar surface area (TPSA) is 32.8 Å². The Morgan fingerprint density at radius 2 is 2.23 bits per heavy atom. The minimum absolute atomic E-state index is 0.0511. The number of fused-ring (bicyclic) bond motifs is 1. The first-order chi connectivity index (χ1) is 10.3. The van der Waals surface area contributed by atoms with Gasteiger partial charge in [0.1, 0.15) is 6.10 Å². The molecule has 0 aromatic carbocycles. The summed E-state index contributed by atoms with van der Waals surface area (Å²) in [5.74, 6) is 0.880. The molecule has 22 heavy (non-hydrogen) atoms. The number of aliphatic hydroxyl groups is 1. The smallest absolute Gasteiger partial charge is 0.113 e. The summed E-state index contributed by atoms with van der Waals surface area (Å²) < 4.78 is 5.92. The lowest BCUT2D eigenvalue weighted by atomic mass is 9.78. The molecule has 0 aromatic heterocycles. The van der Waals surface area contributed by atoms with Gasteiger partial charge in [0.25, 0.3) is 0 Å². The zero-order valence-corrected chi connectivity index (χ0v) is 15.1. The highest BCUT2D eigenvalue weighted by Gasteiger charge is 2.57. The largest absolute Gasteiger partial charge is 0.390 e. The molecule has 5 unspecified atom stereocenters. The average Bonchev–Trinajstić information content (AvgIpc) is 3.10. The van der Waals surface area contributed by atoms with E-state index in [9.17, 15) is 5.11 Å². The quantitative estimate of drug-likeness (QED) is 0.584. The van der Waals surface area contributed by atoms with Crippen molar-refractivity contribution in [3.63, 3.8) is 0 Å². The summed E-state index contributed by atoms with van der Waals surface area (Å²) in [6.45, 7) is 11.0. The Hall–Kier alpha value is -0.600. The number of epoxide rings is 1. The Kier molecular flexibility index (Phi) is 5.90. The van der Waals surface area contributed by atoms with Crippen molar-refractivity contribution in [3.8, 4) is 0 Å². The van der Waals surface area contributed by atoms with Crippen LogP contribution in [-0.2, 0) is 4.74 Å². The predicted molar refractivity (Wildman–Crippen MR) is 92.8 cm³/mol. The zero-order valence-electron chi connectivity index (χ0n) is 15.1. The van der Waals surface area contributed by atoms with Crippen LogP contribution in [0, 0.1) is 11.8 Å². The second-order valence-corrected chi connectivity index (χ2v) is 7.97. The highest BCUT2D eigenvalue weighted by Crippen LogP contribution is 2.46. The van der Waals surface area contributed by atoms with Crippen molar-refractivity contribution in [2.45, 2.75) is 91.0 Å². The van der Waals surface area contributed by atoms with Gasteiger partial charge in [0, 0.05) is 0 Å². The molecule has 2 aliphatic rings. The van der Waals surface area contributed by atoms with Crippen LogP contribution in [0.4, 0.5) is 0 Å². The van der Waals surface area contributed by atoms with Gasteiger partial charge < -0.3 is 9.84 Å². The van der Waals surface area contributed by atoms with Gasteiger partial charge in [-0.3, -0.25) is 0 Å². The first-order valence-corrected chi connectivity index (χ1v) is 8.98. The molecule has 2 nitrogen and oxygen atoms in total. The van der Waals surface area contributed by atoms with Crippen LogP contribution < -0.4 is 0 Å². The van der Waals surface area contributed by atoms with E-state index < -0.39 is 0 Å². The summed E-state index contributed by atoms with van der Waals surface area (Å²) >= 11 is 0. The second-order valence-electron chi connectivity index (χ2n) is 7.97. The molecule has 1 saturated heterocycles. The van der Waals surface area contributed by atoms with Gasteiger partial charge in [0.15, 0.2) is 0 Å². The Balaban J connectivity index is 2.04. The standard InChI is InChI=1S/C20H34O2/c1-14(2)8-6-10-16(4)17-12-11-15(3)9-7-13-20(5)19(22-20)18(17)21/h8-9,16-19,21H,6-7,10-13H2,1-5H3/b15-9-. The molecule has 126 valence electrons. The van der Waals surface area contributed by atoms with Crippen molar-refractivity contribution in [1.29, 1.82) is 0 Å². The molecule has 1 heterocycles. The summed E-state index contributed by atoms with van der Waals surface area (Å²) in [7, 11) is 0. The van der Waals surface area contributed by atoms with E-state index in [-0.39, 0.29) is 17.8 Å². The highest BCUT2D eigenvalue weighted by molar-refractivity contribution is 5.09. The van der Waals surface area contributed by atoms with Crippen LogP contribution in [0.2, 0.25) is 0 Å². The molecule has 0 amide bonds. The number of hydrogen-bond acceptors (Lipinski definition) is 2. The third-order valence-corrected chi connectivity index (χ3v) is 5.60. The summed E-state index contributed by atoms with van der Waals surface area (Å²) in [6, 6.07) is 0. The van der Waals surface area contributed by atoms with Crippen molar-refractivity contribution in [1.82, 2.24) is 0 Å². The molecule has 0 radical (unpaired) electrons. The van der Waals surface area contributed by atoms with Gasteiger partial charge in [-0.25, -0.2) is 0 Å². The molecule has 1 aliphatic carbocycles. The molecule has 5 atom stereocenters. The van der Waals surface area contributed by atoms with E-state index in [1.807, 2.05) is 0 Å².